The summed E-state index contributed by atoms with van der Waals surface area (Å²) in [7, 11) is 2.05. The molecule has 3 aromatic carbocycles. The van der Waals surface area contributed by atoms with Crippen molar-refractivity contribution in [1.82, 2.24) is 29.5 Å². The summed E-state index contributed by atoms with van der Waals surface area (Å²) in [4.78, 5) is 27.8. The first-order valence-corrected chi connectivity index (χ1v) is 12.1. The molecule has 0 fully saturated rings. The van der Waals surface area contributed by atoms with Crippen LogP contribution < -0.4 is 5.32 Å². The van der Waals surface area contributed by atoms with Crippen LogP contribution in [0.1, 0.15) is 32.4 Å². The third kappa shape index (κ3) is 3.80. The van der Waals surface area contributed by atoms with Gasteiger partial charge in [-0.1, -0.05) is 36.4 Å². The van der Waals surface area contributed by atoms with E-state index in [2.05, 4.69) is 39.3 Å². The highest BCUT2D eigenvalue weighted by Gasteiger charge is 2.23. The van der Waals surface area contributed by atoms with E-state index in [9.17, 15) is 9.59 Å². The normalized spacial score (nSPS) is 13.5. The Morgan fingerprint density at radius 1 is 0.833 bits per heavy atom. The van der Waals surface area contributed by atoms with Gasteiger partial charge in [-0.15, -0.1) is 10.2 Å². The number of carbonyl (C=O) groups is 2. The van der Waals surface area contributed by atoms with Gasteiger partial charge in [0.05, 0.1) is 6.54 Å². The predicted molar refractivity (Wildman–Crippen MR) is 138 cm³/mol. The minimum atomic E-state index is -0.151. The summed E-state index contributed by atoms with van der Waals surface area (Å²) in [5.74, 6) is 1.39. The third-order valence-electron chi connectivity index (χ3n) is 6.99. The molecule has 0 aliphatic carbocycles. The number of fused-ring (bicyclic) bond motifs is 4. The van der Waals surface area contributed by atoms with Crippen molar-refractivity contribution in [2.75, 3.05) is 13.1 Å². The number of nitrogens with one attached hydrogen (secondary N) is 1. The lowest BCUT2D eigenvalue weighted by molar-refractivity contribution is 0.0758. The van der Waals surface area contributed by atoms with E-state index in [0.717, 1.165) is 27.6 Å². The summed E-state index contributed by atoms with van der Waals surface area (Å²) in [6.07, 6.45) is 0.613. The second-order valence-corrected chi connectivity index (χ2v) is 9.08. The Hall–Kier alpha value is -4.46. The molecule has 1 N–H and O–H groups in total. The largest absolute Gasteiger partial charge is 0.345 e. The Labute approximate surface area is 208 Å². The maximum atomic E-state index is 13.5. The Morgan fingerprint density at radius 2 is 1.61 bits per heavy atom. The molecule has 1 aliphatic rings. The molecule has 0 saturated carbocycles. The molecule has 0 saturated heterocycles. The van der Waals surface area contributed by atoms with Crippen LogP contribution in [-0.2, 0) is 26.6 Å². The van der Waals surface area contributed by atoms with Crippen LogP contribution in [0.4, 0.5) is 0 Å². The van der Waals surface area contributed by atoms with Crippen molar-refractivity contribution in [2.45, 2.75) is 19.5 Å². The minimum Gasteiger partial charge on any atom is -0.345 e. The lowest BCUT2D eigenvalue weighted by Crippen LogP contribution is -2.34. The van der Waals surface area contributed by atoms with Crippen LogP contribution >= 0.6 is 0 Å². The molecule has 0 unspecified atom stereocenters. The van der Waals surface area contributed by atoms with Gasteiger partial charge in [-0.3, -0.25) is 9.59 Å². The van der Waals surface area contributed by atoms with Crippen molar-refractivity contribution >= 4 is 33.6 Å². The fourth-order valence-corrected chi connectivity index (χ4v) is 5.05. The van der Waals surface area contributed by atoms with Crippen LogP contribution in [0.3, 0.4) is 0 Å². The number of nitrogens with zero attached hydrogens (tertiary/aromatic N) is 5. The molecule has 0 radical (unpaired) electrons. The zero-order valence-corrected chi connectivity index (χ0v) is 20.0. The molecule has 180 valence electrons. The fraction of sp³-hybridized carbons (Fsp3) is 0.214. The number of para-hydroxylation sites is 1. The van der Waals surface area contributed by atoms with Gasteiger partial charge in [0.2, 0.25) is 0 Å². The maximum Gasteiger partial charge on any atom is 0.253 e. The predicted octanol–water partition coefficient (Wildman–Crippen LogP) is 3.55. The number of amides is 2. The van der Waals surface area contributed by atoms with Gasteiger partial charge in [0, 0.05) is 66.0 Å². The van der Waals surface area contributed by atoms with Gasteiger partial charge >= 0.3 is 0 Å². The van der Waals surface area contributed by atoms with Crippen molar-refractivity contribution in [2.24, 2.45) is 7.05 Å². The van der Waals surface area contributed by atoms with Gasteiger partial charge in [-0.05, 0) is 36.4 Å². The van der Waals surface area contributed by atoms with Crippen LogP contribution in [0.2, 0.25) is 0 Å². The molecule has 36 heavy (non-hydrogen) atoms. The fourth-order valence-electron chi connectivity index (χ4n) is 5.05. The molecule has 2 aromatic heterocycles. The average Bonchev–Trinajstić information content (AvgIpc) is 3.36. The highest BCUT2D eigenvalue weighted by atomic mass is 16.2. The molecule has 5 aromatic rings. The first kappa shape index (κ1) is 22.0. The SMILES string of the molecule is Cn1c2ccccc2c2cc(C(=O)N3CCc4nnc(CNC(=O)c5ccccc5)n4CC3)ccc21. The minimum absolute atomic E-state index is 0.0162. The van der Waals surface area contributed by atoms with Gasteiger partial charge in [-0.2, -0.15) is 0 Å². The zero-order chi connectivity index (χ0) is 24.6. The number of carbonyl (C=O) groups excluding carboxylic acids is 2. The highest BCUT2D eigenvalue weighted by molar-refractivity contribution is 6.10. The Bertz CT molecular complexity index is 1600. The van der Waals surface area contributed by atoms with E-state index in [4.69, 9.17) is 0 Å². The summed E-state index contributed by atoms with van der Waals surface area (Å²) in [6.45, 7) is 1.99. The lowest BCUT2D eigenvalue weighted by atomic mass is 10.1. The van der Waals surface area contributed by atoms with E-state index in [1.807, 2.05) is 58.0 Å². The number of hydrogen-bond donors (Lipinski definition) is 1. The molecule has 0 atom stereocenters. The number of rotatable bonds is 4. The first-order valence-electron chi connectivity index (χ1n) is 12.1. The average molecular weight is 479 g/mol. The molecule has 8 nitrogen and oxygen atoms in total. The molecule has 1 aliphatic heterocycles. The topological polar surface area (TPSA) is 85.1 Å². The lowest BCUT2D eigenvalue weighted by Gasteiger charge is -2.20. The second kappa shape index (κ2) is 8.96. The van der Waals surface area contributed by atoms with E-state index >= 15 is 0 Å². The number of aryl methyl sites for hydroxylation is 1. The summed E-state index contributed by atoms with van der Waals surface area (Å²) in [6, 6.07) is 23.3. The van der Waals surface area contributed by atoms with Gasteiger partial charge in [0.25, 0.3) is 11.8 Å². The van der Waals surface area contributed by atoms with E-state index in [-0.39, 0.29) is 18.4 Å². The Morgan fingerprint density at radius 3 is 2.47 bits per heavy atom. The van der Waals surface area contributed by atoms with Crippen molar-refractivity contribution < 1.29 is 9.59 Å². The molecule has 6 rings (SSSR count). The summed E-state index contributed by atoms with van der Waals surface area (Å²) >= 11 is 0. The molecular weight excluding hydrogens is 452 g/mol. The molecule has 2 amide bonds. The zero-order valence-electron chi connectivity index (χ0n) is 20.0. The van der Waals surface area contributed by atoms with Crippen LogP contribution in [0.5, 0.6) is 0 Å². The van der Waals surface area contributed by atoms with Crippen LogP contribution in [0.15, 0.2) is 72.8 Å². The van der Waals surface area contributed by atoms with Crippen LogP contribution in [-0.4, -0.2) is 49.1 Å². The number of hydrogen-bond acceptors (Lipinski definition) is 4. The smallest absolute Gasteiger partial charge is 0.253 e. The standard InChI is InChI=1S/C28H26N6O2/c1-32-23-10-6-5-9-21(23)22-17-20(11-12-24(22)32)28(36)33-14-13-25-30-31-26(34(25)16-15-33)18-29-27(35)19-7-3-2-4-8-19/h2-12,17H,13-16,18H2,1H3,(H,29,35). The summed E-state index contributed by atoms with van der Waals surface area (Å²) in [5, 5.41) is 13.8. The van der Waals surface area contributed by atoms with Crippen molar-refractivity contribution in [3.8, 4) is 0 Å². The van der Waals surface area contributed by atoms with Gasteiger partial charge in [0.15, 0.2) is 5.82 Å². The van der Waals surface area contributed by atoms with Gasteiger partial charge in [-0.25, -0.2) is 0 Å². The van der Waals surface area contributed by atoms with E-state index < -0.39 is 0 Å². The van der Waals surface area contributed by atoms with Gasteiger partial charge < -0.3 is 19.4 Å². The number of benzene rings is 3. The first-order chi connectivity index (χ1) is 17.6. The molecule has 3 heterocycles. The van der Waals surface area contributed by atoms with Gasteiger partial charge in [0.1, 0.15) is 5.82 Å². The van der Waals surface area contributed by atoms with Crippen LogP contribution in [0.25, 0.3) is 21.8 Å². The Kier molecular flexibility index (Phi) is 5.48. The molecular formula is C28H26N6O2. The maximum absolute atomic E-state index is 13.5. The monoisotopic (exact) mass is 478 g/mol. The summed E-state index contributed by atoms with van der Waals surface area (Å²) in [5.41, 5.74) is 3.55. The van der Waals surface area contributed by atoms with E-state index in [1.54, 1.807) is 12.1 Å². The van der Waals surface area contributed by atoms with Crippen molar-refractivity contribution in [3.05, 3.63) is 95.6 Å². The summed E-state index contributed by atoms with van der Waals surface area (Å²) < 4.78 is 4.18. The second-order valence-electron chi connectivity index (χ2n) is 9.08. The molecule has 8 heteroatoms. The van der Waals surface area contributed by atoms with Crippen molar-refractivity contribution in [3.63, 3.8) is 0 Å². The molecule has 0 bridgehead atoms. The third-order valence-corrected chi connectivity index (χ3v) is 6.99. The quantitative estimate of drug-likeness (QED) is 0.428. The highest BCUT2D eigenvalue weighted by Crippen LogP contribution is 2.29. The van der Waals surface area contributed by atoms with E-state index in [1.165, 1.54) is 0 Å². The Balaban J connectivity index is 1.18. The number of aromatic nitrogens is 4. The van der Waals surface area contributed by atoms with E-state index in [0.29, 0.717) is 43.0 Å². The van der Waals surface area contributed by atoms with Crippen LogP contribution in [0, 0.1) is 0 Å². The molecule has 0 spiro atoms. The van der Waals surface area contributed by atoms with Crippen molar-refractivity contribution in [1.29, 1.82) is 0 Å².